The molecule has 3 rings (SSSR count). The topological polar surface area (TPSA) is 75.4 Å². The third-order valence-corrected chi connectivity index (χ3v) is 5.49. The molecule has 1 aromatic heterocycles. The van der Waals surface area contributed by atoms with Crippen LogP contribution in [-0.4, -0.2) is 50.2 Å². The number of likely N-dealkylation sites (tertiary alicyclic amines) is 1. The van der Waals surface area contributed by atoms with E-state index in [1.54, 1.807) is 0 Å². The molecule has 1 aliphatic heterocycles. The molecule has 1 aliphatic rings. The molecular formula is C18H27N3O3S. The van der Waals surface area contributed by atoms with Crippen LogP contribution in [0.1, 0.15) is 38.0 Å². The summed E-state index contributed by atoms with van der Waals surface area (Å²) in [6, 6.07) is 8.31. The first-order valence-electron chi connectivity index (χ1n) is 9.04. The molecule has 1 N–H and O–H groups in total. The van der Waals surface area contributed by atoms with Crippen LogP contribution in [0.2, 0.25) is 0 Å². The standard InChI is InChI=1S/C18H27N3O3S/c1-25(22,23)19-12-11-15-7-4-5-13-21(15)14-6-10-18-20-16-8-2-3-9-17(16)24-18/h2-3,8-9,15,19H,4-7,10-14H2,1H3. The number of fused-ring (bicyclic) bond motifs is 1. The van der Waals surface area contributed by atoms with Gasteiger partial charge in [-0.3, -0.25) is 0 Å². The minimum absolute atomic E-state index is 0.464. The minimum Gasteiger partial charge on any atom is -0.441 e. The van der Waals surface area contributed by atoms with Gasteiger partial charge >= 0.3 is 0 Å². The van der Waals surface area contributed by atoms with Crippen molar-refractivity contribution in [1.82, 2.24) is 14.6 Å². The van der Waals surface area contributed by atoms with Gasteiger partial charge in [-0.2, -0.15) is 0 Å². The van der Waals surface area contributed by atoms with Crippen LogP contribution in [0.5, 0.6) is 0 Å². The fraction of sp³-hybridized carbons (Fsp3) is 0.611. The summed E-state index contributed by atoms with van der Waals surface area (Å²) in [6.07, 6.45) is 7.52. The van der Waals surface area contributed by atoms with Crippen molar-refractivity contribution in [3.8, 4) is 0 Å². The van der Waals surface area contributed by atoms with Gasteiger partial charge in [0.2, 0.25) is 10.0 Å². The molecule has 0 radical (unpaired) electrons. The van der Waals surface area contributed by atoms with Crippen molar-refractivity contribution < 1.29 is 12.8 Å². The van der Waals surface area contributed by atoms with Crippen molar-refractivity contribution in [2.45, 2.75) is 44.6 Å². The second kappa shape index (κ2) is 8.29. The predicted molar refractivity (Wildman–Crippen MR) is 99.0 cm³/mol. The van der Waals surface area contributed by atoms with E-state index in [2.05, 4.69) is 14.6 Å². The van der Waals surface area contributed by atoms with E-state index in [4.69, 9.17) is 4.42 Å². The molecule has 0 saturated carbocycles. The average molecular weight is 365 g/mol. The zero-order valence-electron chi connectivity index (χ0n) is 14.8. The fourth-order valence-electron chi connectivity index (χ4n) is 3.55. The van der Waals surface area contributed by atoms with E-state index in [1.807, 2.05) is 24.3 Å². The highest BCUT2D eigenvalue weighted by Gasteiger charge is 2.22. The molecule has 25 heavy (non-hydrogen) atoms. The zero-order chi connectivity index (χ0) is 17.7. The lowest BCUT2D eigenvalue weighted by atomic mass is 9.99. The van der Waals surface area contributed by atoms with Gasteiger partial charge in [-0.15, -0.1) is 0 Å². The highest BCUT2D eigenvalue weighted by molar-refractivity contribution is 7.88. The maximum absolute atomic E-state index is 11.2. The Hall–Kier alpha value is -1.44. The first kappa shape index (κ1) is 18.4. The lowest BCUT2D eigenvalue weighted by Crippen LogP contribution is -2.42. The van der Waals surface area contributed by atoms with Crippen molar-refractivity contribution in [3.63, 3.8) is 0 Å². The molecule has 7 heteroatoms. The molecule has 0 aliphatic carbocycles. The number of sulfonamides is 1. The van der Waals surface area contributed by atoms with Crippen LogP contribution in [0.15, 0.2) is 28.7 Å². The van der Waals surface area contributed by atoms with Crippen molar-refractivity contribution in [2.75, 3.05) is 25.9 Å². The van der Waals surface area contributed by atoms with E-state index in [9.17, 15) is 8.42 Å². The van der Waals surface area contributed by atoms with Crippen molar-refractivity contribution in [2.24, 2.45) is 0 Å². The summed E-state index contributed by atoms with van der Waals surface area (Å²) in [5, 5.41) is 0. The summed E-state index contributed by atoms with van der Waals surface area (Å²) in [5.41, 5.74) is 1.76. The molecule has 2 aromatic rings. The van der Waals surface area contributed by atoms with Crippen LogP contribution in [0.4, 0.5) is 0 Å². The lowest BCUT2D eigenvalue weighted by Gasteiger charge is -2.35. The highest BCUT2D eigenvalue weighted by atomic mass is 32.2. The Bertz CT molecular complexity index is 755. The first-order valence-corrected chi connectivity index (χ1v) is 10.9. The van der Waals surface area contributed by atoms with E-state index in [0.717, 1.165) is 55.8 Å². The number of aryl methyl sites for hydroxylation is 1. The molecule has 1 aromatic carbocycles. The third-order valence-electron chi connectivity index (χ3n) is 4.77. The van der Waals surface area contributed by atoms with Gasteiger partial charge in [0, 0.05) is 19.0 Å². The number of nitrogens with one attached hydrogen (secondary N) is 1. The monoisotopic (exact) mass is 365 g/mol. The Morgan fingerprint density at radius 2 is 2.16 bits per heavy atom. The normalized spacial score (nSPS) is 19.5. The molecule has 1 unspecified atom stereocenters. The van der Waals surface area contributed by atoms with Crippen LogP contribution in [0.25, 0.3) is 11.1 Å². The van der Waals surface area contributed by atoms with Gasteiger partial charge in [-0.05, 0) is 50.9 Å². The number of aromatic nitrogens is 1. The summed E-state index contributed by atoms with van der Waals surface area (Å²) in [6.45, 7) is 2.62. The molecule has 0 spiro atoms. The molecular weight excluding hydrogens is 338 g/mol. The van der Waals surface area contributed by atoms with E-state index < -0.39 is 10.0 Å². The fourth-order valence-corrected chi connectivity index (χ4v) is 4.04. The largest absolute Gasteiger partial charge is 0.441 e. The first-order chi connectivity index (χ1) is 12.0. The molecule has 0 amide bonds. The number of nitrogens with zero attached hydrogens (tertiary/aromatic N) is 2. The van der Waals surface area contributed by atoms with E-state index in [0.29, 0.717) is 12.6 Å². The van der Waals surface area contributed by atoms with Crippen LogP contribution in [0.3, 0.4) is 0 Å². The molecule has 0 bridgehead atoms. The number of hydrogen-bond donors (Lipinski definition) is 1. The van der Waals surface area contributed by atoms with Crippen LogP contribution in [-0.2, 0) is 16.4 Å². The number of hydrogen-bond acceptors (Lipinski definition) is 5. The zero-order valence-corrected chi connectivity index (χ0v) is 15.6. The van der Waals surface area contributed by atoms with Gasteiger partial charge in [0.25, 0.3) is 0 Å². The van der Waals surface area contributed by atoms with Crippen LogP contribution >= 0.6 is 0 Å². The lowest BCUT2D eigenvalue weighted by molar-refractivity contribution is 0.139. The number of oxazole rings is 1. The highest BCUT2D eigenvalue weighted by Crippen LogP contribution is 2.21. The number of piperidine rings is 1. The molecule has 2 heterocycles. The minimum atomic E-state index is -3.10. The summed E-state index contributed by atoms with van der Waals surface area (Å²) < 4.78 is 30.8. The SMILES string of the molecule is CS(=O)(=O)NCCC1CCCCN1CCCc1nc2ccccc2o1. The molecule has 138 valence electrons. The number of benzene rings is 1. The number of para-hydroxylation sites is 2. The second-order valence-electron chi connectivity index (χ2n) is 6.82. The van der Waals surface area contributed by atoms with Crippen LogP contribution < -0.4 is 4.72 Å². The predicted octanol–water partition coefficient (Wildman–Crippen LogP) is 2.55. The van der Waals surface area contributed by atoms with Crippen LogP contribution in [0, 0.1) is 0 Å². The molecule has 1 atom stereocenters. The average Bonchev–Trinajstić information content (AvgIpc) is 2.98. The maximum Gasteiger partial charge on any atom is 0.208 e. The Kier molecular flexibility index (Phi) is 6.09. The van der Waals surface area contributed by atoms with Gasteiger partial charge in [0.05, 0.1) is 6.26 Å². The van der Waals surface area contributed by atoms with E-state index in [-0.39, 0.29) is 0 Å². The van der Waals surface area contributed by atoms with Gasteiger partial charge in [-0.1, -0.05) is 18.6 Å². The Balaban J connectivity index is 1.48. The smallest absolute Gasteiger partial charge is 0.208 e. The summed E-state index contributed by atoms with van der Waals surface area (Å²) in [4.78, 5) is 7.03. The summed E-state index contributed by atoms with van der Waals surface area (Å²) in [5.74, 6) is 0.800. The van der Waals surface area contributed by atoms with E-state index >= 15 is 0 Å². The Labute approximate surface area is 149 Å². The quantitative estimate of drug-likeness (QED) is 0.778. The second-order valence-corrected chi connectivity index (χ2v) is 8.65. The third kappa shape index (κ3) is 5.52. The van der Waals surface area contributed by atoms with Gasteiger partial charge in [0.1, 0.15) is 5.52 Å². The van der Waals surface area contributed by atoms with Gasteiger partial charge < -0.3 is 9.32 Å². The molecule has 6 nitrogen and oxygen atoms in total. The van der Waals surface area contributed by atoms with Gasteiger partial charge in [-0.25, -0.2) is 18.1 Å². The molecule has 1 saturated heterocycles. The molecule has 1 fully saturated rings. The summed E-state index contributed by atoms with van der Waals surface area (Å²) in [7, 11) is -3.10. The van der Waals surface area contributed by atoms with Crippen molar-refractivity contribution >= 4 is 21.1 Å². The number of rotatable bonds is 8. The maximum atomic E-state index is 11.2. The Morgan fingerprint density at radius 3 is 2.96 bits per heavy atom. The van der Waals surface area contributed by atoms with Crippen molar-refractivity contribution in [1.29, 1.82) is 0 Å². The summed E-state index contributed by atoms with van der Waals surface area (Å²) >= 11 is 0. The van der Waals surface area contributed by atoms with E-state index in [1.165, 1.54) is 19.1 Å². The van der Waals surface area contributed by atoms with Gasteiger partial charge in [0.15, 0.2) is 11.5 Å². The Morgan fingerprint density at radius 1 is 1.32 bits per heavy atom. The van der Waals surface area contributed by atoms with Crippen molar-refractivity contribution in [3.05, 3.63) is 30.2 Å².